The fourth-order valence-corrected chi connectivity index (χ4v) is 3.47. The summed E-state index contributed by atoms with van der Waals surface area (Å²) in [4.78, 5) is 21.5. The summed E-state index contributed by atoms with van der Waals surface area (Å²) in [6.07, 6.45) is 3.37. The fourth-order valence-electron chi connectivity index (χ4n) is 2.43. The molecule has 0 aromatic carbocycles. The number of amides is 1. The maximum atomic E-state index is 12.6. The number of fused-ring (bicyclic) bond motifs is 1. The van der Waals surface area contributed by atoms with E-state index in [0.717, 1.165) is 6.04 Å². The van der Waals surface area contributed by atoms with Gasteiger partial charge in [-0.3, -0.25) is 4.79 Å². The first-order chi connectivity index (χ1) is 12.2. The number of methoxy groups -OCH3 is 1. The average molecular weight is 443 g/mol. The monoisotopic (exact) mass is 442 g/mol. The van der Waals surface area contributed by atoms with Crippen LogP contribution in [0.2, 0.25) is 25.7 Å². The Bertz CT molecular complexity index is 760. The zero-order valence-electron chi connectivity index (χ0n) is 16.0. The van der Waals surface area contributed by atoms with Crippen LogP contribution >= 0.6 is 15.9 Å². The van der Waals surface area contributed by atoms with Crippen molar-refractivity contribution in [3.8, 4) is 0 Å². The number of carbonyl (C=O) groups is 1. The van der Waals surface area contributed by atoms with E-state index in [1.54, 1.807) is 19.5 Å². The van der Waals surface area contributed by atoms with Gasteiger partial charge in [-0.1, -0.05) is 19.6 Å². The zero-order valence-corrected chi connectivity index (χ0v) is 18.6. The van der Waals surface area contributed by atoms with Crippen molar-refractivity contribution in [2.45, 2.75) is 45.4 Å². The van der Waals surface area contributed by atoms with E-state index in [1.165, 1.54) is 0 Å². The van der Waals surface area contributed by atoms with Gasteiger partial charge in [-0.25, -0.2) is 9.97 Å². The van der Waals surface area contributed by atoms with Crippen LogP contribution in [0.5, 0.6) is 0 Å². The molecule has 0 spiro atoms. The van der Waals surface area contributed by atoms with Crippen LogP contribution in [0.25, 0.3) is 11.2 Å². The molecule has 0 unspecified atom stereocenters. The van der Waals surface area contributed by atoms with Gasteiger partial charge >= 0.3 is 0 Å². The number of rotatable bonds is 9. The minimum absolute atomic E-state index is 0.0981. The molecule has 0 aliphatic rings. The van der Waals surface area contributed by atoms with Crippen LogP contribution in [0.4, 0.5) is 0 Å². The van der Waals surface area contributed by atoms with E-state index in [4.69, 9.17) is 9.47 Å². The van der Waals surface area contributed by atoms with Crippen LogP contribution in [-0.4, -0.2) is 54.9 Å². The third-order valence-corrected chi connectivity index (χ3v) is 5.89. The highest BCUT2D eigenvalue weighted by Gasteiger charge is 2.20. The Morgan fingerprint density at radius 2 is 2.15 bits per heavy atom. The predicted molar refractivity (Wildman–Crippen MR) is 108 cm³/mol. The molecule has 144 valence electrons. The molecule has 0 fully saturated rings. The second-order valence-electron chi connectivity index (χ2n) is 7.56. The van der Waals surface area contributed by atoms with Gasteiger partial charge in [-0.15, -0.1) is 0 Å². The van der Waals surface area contributed by atoms with Gasteiger partial charge < -0.3 is 19.4 Å². The van der Waals surface area contributed by atoms with Gasteiger partial charge in [0.1, 0.15) is 16.9 Å². The smallest absolute Gasteiger partial charge is 0.255 e. The van der Waals surface area contributed by atoms with Crippen molar-refractivity contribution in [2.75, 3.05) is 20.3 Å². The molecule has 7 nitrogen and oxygen atoms in total. The quantitative estimate of drug-likeness (QED) is 0.476. The van der Waals surface area contributed by atoms with E-state index < -0.39 is 8.07 Å². The summed E-state index contributed by atoms with van der Waals surface area (Å²) < 4.78 is 13.3. The molecule has 0 saturated carbocycles. The second kappa shape index (κ2) is 9.07. The van der Waals surface area contributed by atoms with E-state index >= 15 is 0 Å². The van der Waals surface area contributed by atoms with Gasteiger partial charge in [0.05, 0.1) is 18.4 Å². The Morgan fingerprint density at radius 1 is 1.42 bits per heavy atom. The normalized spacial score (nSPS) is 13.2. The molecule has 0 aliphatic carbocycles. The number of hydrogen-bond acceptors (Lipinski definition) is 5. The number of nitrogens with one attached hydrogen (secondary N) is 1. The molecular weight excluding hydrogens is 416 g/mol. The summed E-state index contributed by atoms with van der Waals surface area (Å²) in [7, 11) is 0.466. The summed E-state index contributed by atoms with van der Waals surface area (Å²) in [5.41, 5.74) is 1.66. The average Bonchev–Trinajstić information content (AvgIpc) is 2.88. The molecule has 9 heteroatoms. The van der Waals surface area contributed by atoms with Crippen LogP contribution in [-0.2, 0) is 16.2 Å². The van der Waals surface area contributed by atoms with Gasteiger partial charge in [-0.2, -0.15) is 0 Å². The predicted octanol–water partition coefficient (Wildman–Crippen LogP) is 3.27. The van der Waals surface area contributed by atoms with E-state index in [1.807, 2.05) is 11.5 Å². The number of carbonyl (C=O) groups excluding carboxylic acids is 1. The number of nitrogens with zero attached hydrogens (tertiary/aromatic N) is 3. The molecule has 2 rings (SSSR count). The van der Waals surface area contributed by atoms with Gasteiger partial charge in [0.2, 0.25) is 0 Å². The molecular formula is C17H27BrN4O3Si. The van der Waals surface area contributed by atoms with Crippen molar-refractivity contribution < 1.29 is 14.3 Å². The second-order valence-corrected chi connectivity index (χ2v) is 14.0. The lowest BCUT2D eigenvalue weighted by molar-refractivity contribution is 0.0881. The Balaban J connectivity index is 2.19. The van der Waals surface area contributed by atoms with Crippen molar-refractivity contribution in [1.29, 1.82) is 0 Å². The maximum Gasteiger partial charge on any atom is 0.255 e. The van der Waals surface area contributed by atoms with Crippen LogP contribution < -0.4 is 5.32 Å². The Kier molecular flexibility index (Phi) is 7.33. The Hall–Kier alpha value is -1.29. The SMILES string of the molecule is COC[C@@H](C)NC(=O)c1cn(COCC[Si](C)(C)C)c2ncc(Br)nc12. The third kappa shape index (κ3) is 5.87. The minimum Gasteiger partial charge on any atom is -0.383 e. The molecule has 0 saturated heterocycles. The van der Waals surface area contributed by atoms with Crippen LogP contribution in [0.3, 0.4) is 0 Å². The van der Waals surface area contributed by atoms with Gasteiger partial charge in [-0.05, 0) is 28.9 Å². The summed E-state index contributed by atoms with van der Waals surface area (Å²) >= 11 is 3.33. The van der Waals surface area contributed by atoms with E-state index in [9.17, 15) is 4.79 Å². The van der Waals surface area contributed by atoms with E-state index in [0.29, 0.717) is 41.3 Å². The van der Waals surface area contributed by atoms with Crippen LogP contribution in [0.15, 0.2) is 17.0 Å². The van der Waals surface area contributed by atoms with Gasteiger partial charge in [0.15, 0.2) is 5.65 Å². The third-order valence-electron chi connectivity index (χ3n) is 3.80. The molecule has 0 bridgehead atoms. The first kappa shape index (κ1) is 21.0. The zero-order chi connectivity index (χ0) is 19.3. The highest BCUT2D eigenvalue weighted by molar-refractivity contribution is 9.10. The Labute approximate surface area is 163 Å². The van der Waals surface area contributed by atoms with E-state index in [2.05, 4.69) is 50.9 Å². The van der Waals surface area contributed by atoms with Gasteiger partial charge in [0, 0.05) is 34.0 Å². The molecule has 0 radical (unpaired) electrons. The molecule has 2 aromatic heterocycles. The van der Waals surface area contributed by atoms with Crippen molar-refractivity contribution >= 4 is 41.1 Å². The number of hydrogen-bond donors (Lipinski definition) is 1. The summed E-state index contributed by atoms with van der Waals surface area (Å²) in [6, 6.07) is 0.990. The number of halogens is 1. The van der Waals surface area contributed by atoms with Crippen LogP contribution in [0, 0.1) is 0 Å². The first-order valence-corrected chi connectivity index (χ1v) is 13.1. The molecule has 26 heavy (non-hydrogen) atoms. The summed E-state index contributed by atoms with van der Waals surface area (Å²) in [5.74, 6) is -0.201. The topological polar surface area (TPSA) is 78.3 Å². The standard InChI is InChI=1S/C17H27BrN4O3Si/c1-12(10-24-2)20-17(23)13-9-22(11-25-6-7-26(3,4)5)16-15(13)21-14(18)8-19-16/h8-9,12H,6-7,10-11H2,1-5H3,(H,20,23)/t12-/m1/s1. The minimum atomic E-state index is -1.14. The number of aromatic nitrogens is 3. The van der Waals surface area contributed by atoms with Gasteiger partial charge in [0.25, 0.3) is 5.91 Å². The van der Waals surface area contributed by atoms with Crippen molar-refractivity contribution in [2.24, 2.45) is 0 Å². The lowest BCUT2D eigenvalue weighted by Gasteiger charge is -2.15. The Morgan fingerprint density at radius 3 is 2.81 bits per heavy atom. The first-order valence-electron chi connectivity index (χ1n) is 8.60. The van der Waals surface area contributed by atoms with Crippen LogP contribution in [0.1, 0.15) is 17.3 Å². The molecule has 1 atom stereocenters. The highest BCUT2D eigenvalue weighted by atomic mass is 79.9. The molecule has 2 aromatic rings. The van der Waals surface area contributed by atoms with Crippen molar-refractivity contribution in [3.63, 3.8) is 0 Å². The molecule has 0 aliphatic heterocycles. The summed E-state index contributed by atoms with van der Waals surface area (Å²) in [6.45, 7) is 10.3. The molecule has 2 heterocycles. The van der Waals surface area contributed by atoms with Crippen molar-refractivity contribution in [1.82, 2.24) is 19.9 Å². The summed E-state index contributed by atoms with van der Waals surface area (Å²) in [5, 5.41) is 2.91. The molecule has 1 N–H and O–H groups in total. The van der Waals surface area contributed by atoms with E-state index in [-0.39, 0.29) is 11.9 Å². The maximum absolute atomic E-state index is 12.6. The highest BCUT2D eigenvalue weighted by Crippen LogP contribution is 2.20. The lowest BCUT2D eigenvalue weighted by atomic mass is 10.2. The van der Waals surface area contributed by atoms with Crippen molar-refractivity contribution in [3.05, 3.63) is 22.6 Å². The fraction of sp³-hybridized carbons (Fsp3) is 0.588. The molecule has 1 amide bonds. The number of ether oxygens (including phenoxy) is 2. The lowest BCUT2D eigenvalue weighted by Crippen LogP contribution is -2.35. The largest absolute Gasteiger partial charge is 0.383 e.